The van der Waals surface area contributed by atoms with Crippen molar-refractivity contribution in [3.63, 3.8) is 0 Å². The summed E-state index contributed by atoms with van der Waals surface area (Å²) in [5, 5.41) is 2.92. The van der Waals surface area contributed by atoms with E-state index in [1.165, 1.54) is 6.33 Å². The summed E-state index contributed by atoms with van der Waals surface area (Å²) in [4.78, 5) is 22.6. The summed E-state index contributed by atoms with van der Waals surface area (Å²) in [5.41, 5.74) is 4.93. The van der Waals surface area contributed by atoms with E-state index in [0.717, 1.165) is 51.3 Å². The molecular formula is C25H27N3O2S. The fraction of sp³-hybridized carbons (Fsp3) is 0.320. The molecule has 0 aliphatic carbocycles. The lowest BCUT2D eigenvalue weighted by atomic mass is 10.1. The molecule has 0 aliphatic heterocycles. The average molecular weight is 434 g/mol. The van der Waals surface area contributed by atoms with Crippen LogP contribution in [0.4, 0.5) is 0 Å². The summed E-state index contributed by atoms with van der Waals surface area (Å²) < 4.78 is 8.18. The van der Waals surface area contributed by atoms with Gasteiger partial charge in [0.2, 0.25) is 11.7 Å². The lowest BCUT2D eigenvalue weighted by molar-refractivity contribution is 0.0918. The van der Waals surface area contributed by atoms with Crippen molar-refractivity contribution in [1.82, 2.24) is 14.5 Å². The zero-order valence-corrected chi connectivity index (χ0v) is 19.2. The summed E-state index contributed by atoms with van der Waals surface area (Å²) in [6, 6.07) is 12.1. The van der Waals surface area contributed by atoms with Crippen molar-refractivity contribution in [3.8, 4) is 17.0 Å². The molecule has 0 aliphatic rings. The molecule has 0 spiro atoms. The van der Waals surface area contributed by atoms with Crippen LogP contribution in [-0.2, 0) is 6.54 Å². The summed E-state index contributed by atoms with van der Waals surface area (Å²) in [6.45, 7) is 9.36. The van der Waals surface area contributed by atoms with Crippen LogP contribution in [0, 0.1) is 19.8 Å². The third-order valence-electron chi connectivity index (χ3n) is 5.56. The second-order valence-electron chi connectivity index (χ2n) is 8.21. The van der Waals surface area contributed by atoms with Gasteiger partial charge in [-0.1, -0.05) is 44.2 Å². The minimum Gasteiger partial charge on any atom is -0.469 e. The van der Waals surface area contributed by atoms with Gasteiger partial charge in [0.25, 0.3) is 0 Å². The maximum absolute atomic E-state index is 13.0. The van der Waals surface area contributed by atoms with E-state index in [9.17, 15) is 4.79 Å². The van der Waals surface area contributed by atoms with Gasteiger partial charge in [-0.15, -0.1) is 11.3 Å². The second kappa shape index (κ2) is 9.02. The number of rotatable bonds is 8. The number of hydrogen-bond donors (Lipinski definition) is 0. The van der Waals surface area contributed by atoms with Gasteiger partial charge in [-0.05, 0) is 37.8 Å². The molecule has 5 nitrogen and oxygen atoms in total. The Hall–Kier alpha value is -2.99. The molecule has 0 bridgehead atoms. The number of thiophene rings is 1. The number of aryl methyl sites for hydroxylation is 1. The van der Waals surface area contributed by atoms with Crippen molar-refractivity contribution >= 4 is 27.3 Å². The van der Waals surface area contributed by atoms with E-state index < -0.39 is 0 Å². The number of Topliss-reactive ketones (excluding diaryl/α,β-unsaturated/α-hetero) is 1. The molecule has 0 atom stereocenters. The van der Waals surface area contributed by atoms with Gasteiger partial charge in [0.15, 0.2) is 6.61 Å². The first-order valence-corrected chi connectivity index (χ1v) is 11.4. The molecule has 31 heavy (non-hydrogen) atoms. The normalized spacial score (nSPS) is 11.4. The first-order valence-electron chi connectivity index (χ1n) is 10.6. The number of nitrogens with zero attached hydrogens (tertiary/aromatic N) is 3. The lowest BCUT2D eigenvalue weighted by Crippen LogP contribution is -2.14. The molecule has 0 amide bonds. The molecule has 4 rings (SSSR count). The first-order chi connectivity index (χ1) is 15.0. The summed E-state index contributed by atoms with van der Waals surface area (Å²) in [6.07, 6.45) is 2.57. The van der Waals surface area contributed by atoms with Crippen LogP contribution in [0.2, 0.25) is 0 Å². The Balaban J connectivity index is 1.57. The monoisotopic (exact) mass is 433 g/mol. The zero-order valence-electron chi connectivity index (χ0n) is 18.4. The molecule has 160 valence electrons. The number of aromatic nitrogens is 3. The SMILES string of the molecule is Cc1cc(C(=O)COc2ncnc3scc(-c4ccccc4)c23)c(C)n1CCC(C)C. The number of carbonyl (C=O) groups excluding carboxylic acids is 1. The molecule has 0 saturated carbocycles. The predicted octanol–water partition coefficient (Wildman–Crippen LogP) is 6.08. The smallest absolute Gasteiger partial charge is 0.226 e. The summed E-state index contributed by atoms with van der Waals surface area (Å²) in [5.74, 6) is 1.03. The van der Waals surface area contributed by atoms with Gasteiger partial charge in [0.05, 0.1) is 5.39 Å². The van der Waals surface area contributed by atoms with E-state index in [4.69, 9.17) is 4.74 Å². The largest absolute Gasteiger partial charge is 0.469 e. The van der Waals surface area contributed by atoms with Crippen LogP contribution < -0.4 is 4.74 Å². The molecule has 6 heteroatoms. The highest BCUT2D eigenvalue weighted by atomic mass is 32.1. The Morgan fingerprint density at radius 3 is 2.68 bits per heavy atom. The van der Waals surface area contributed by atoms with Crippen LogP contribution in [0.5, 0.6) is 5.88 Å². The van der Waals surface area contributed by atoms with E-state index in [2.05, 4.69) is 52.8 Å². The van der Waals surface area contributed by atoms with Gasteiger partial charge in [-0.25, -0.2) is 9.97 Å². The number of ether oxygens (including phenoxy) is 1. The molecule has 0 radical (unpaired) electrons. The molecule has 0 N–H and O–H groups in total. The van der Waals surface area contributed by atoms with Crippen LogP contribution in [0.1, 0.15) is 42.0 Å². The quantitative estimate of drug-likeness (QED) is 0.316. The van der Waals surface area contributed by atoms with Crippen molar-refractivity contribution in [1.29, 1.82) is 0 Å². The van der Waals surface area contributed by atoms with Crippen LogP contribution >= 0.6 is 11.3 Å². The van der Waals surface area contributed by atoms with Crippen LogP contribution in [0.25, 0.3) is 21.3 Å². The summed E-state index contributed by atoms with van der Waals surface area (Å²) >= 11 is 1.55. The lowest BCUT2D eigenvalue weighted by Gasteiger charge is -2.11. The number of carbonyl (C=O) groups is 1. The van der Waals surface area contributed by atoms with E-state index >= 15 is 0 Å². The van der Waals surface area contributed by atoms with E-state index in [-0.39, 0.29) is 12.4 Å². The molecule has 3 aromatic heterocycles. The van der Waals surface area contributed by atoms with Crippen molar-refractivity contribution < 1.29 is 9.53 Å². The van der Waals surface area contributed by atoms with Crippen LogP contribution in [0.15, 0.2) is 48.1 Å². The Kier molecular flexibility index (Phi) is 6.18. The van der Waals surface area contributed by atoms with E-state index in [1.807, 2.05) is 31.2 Å². The van der Waals surface area contributed by atoms with Crippen molar-refractivity contribution in [2.24, 2.45) is 5.92 Å². The Morgan fingerprint density at radius 2 is 1.94 bits per heavy atom. The Bertz CT molecular complexity index is 1210. The van der Waals surface area contributed by atoms with Gasteiger partial charge in [0, 0.05) is 34.4 Å². The molecule has 0 fully saturated rings. The summed E-state index contributed by atoms with van der Waals surface area (Å²) in [7, 11) is 0. The first kappa shape index (κ1) is 21.2. The fourth-order valence-corrected chi connectivity index (χ4v) is 4.72. The van der Waals surface area contributed by atoms with Gasteiger partial charge in [-0.3, -0.25) is 4.79 Å². The van der Waals surface area contributed by atoms with E-state index in [1.54, 1.807) is 11.3 Å². The Labute approximate surface area is 186 Å². The minimum absolute atomic E-state index is 0.0350. The van der Waals surface area contributed by atoms with Crippen molar-refractivity contribution in [2.75, 3.05) is 6.61 Å². The van der Waals surface area contributed by atoms with Gasteiger partial charge < -0.3 is 9.30 Å². The Morgan fingerprint density at radius 1 is 1.16 bits per heavy atom. The minimum atomic E-state index is -0.0509. The zero-order chi connectivity index (χ0) is 22.0. The third kappa shape index (κ3) is 4.39. The molecular weight excluding hydrogens is 406 g/mol. The van der Waals surface area contributed by atoms with Crippen molar-refractivity contribution in [3.05, 3.63) is 65.1 Å². The molecule has 0 saturated heterocycles. The van der Waals surface area contributed by atoms with Crippen LogP contribution in [-0.4, -0.2) is 26.9 Å². The predicted molar refractivity (Wildman–Crippen MR) is 126 cm³/mol. The maximum atomic E-state index is 13.0. The molecule has 1 aromatic carbocycles. The highest BCUT2D eigenvalue weighted by Gasteiger charge is 2.19. The maximum Gasteiger partial charge on any atom is 0.226 e. The highest BCUT2D eigenvalue weighted by Crippen LogP contribution is 2.37. The third-order valence-corrected chi connectivity index (χ3v) is 6.45. The number of ketones is 1. The van der Waals surface area contributed by atoms with Crippen molar-refractivity contribution in [2.45, 2.75) is 40.7 Å². The number of fused-ring (bicyclic) bond motifs is 1. The number of benzene rings is 1. The number of hydrogen-bond acceptors (Lipinski definition) is 5. The topological polar surface area (TPSA) is 57.0 Å². The fourth-order valence-electron chi connectivity index (χ4n) is 3.81. The van der Waals surface area contributed by atoms with Crippen LogP contribution in [0.3, 0.4) is 0 Å². The second-order valence-corrected chi connectivity index (χ2v) is 9.06. The van der Waals surface area contributed by atoms with Gasteiger partial charge >= 0.3 is 0 Å². The molecule has 4 aromatic rings. The van der Waals surface area contributed by atoms with Gasteiger partial charge in [0.1, 0.15) is 11.2 Å². The highest BCUT2D eigenvalue weighted by molar-refractivity contribution is 7.17. The standard InChI is InChI=1S/C25H27N3O2S/c1-16(2)10-11-28-17(3)12-20(18(28)4)22(29)13-30-24-23-21(19-8-6-5-7-9-19)14-31-25(23)27-15-26-24/h5-9,12,14-16H,10-11,13H2,1-4H3. The molecule has 0 unspecified atom stereocenters. The molecule has 3 heterocycles. The average Bonchev–Trinajstić information content (AvgIpc) is 3.32. The van der Waals surface area contributed by atoms with Gasteiger partial charge in [-0.2, -0.15) is 0 Å². The van der Waals surface area contributed by atoms with E-state index in [0.29, 0.717) is 11.8 Å².